The Labute approximate surface area is 157 Å². The Bertz CT molecular complexity index is 942. The number of nitrogens with zero attached hydrogens (tertiary/aromatic N) is 1. The van der Waals surface area contributed by atoms with Crippen LogP contribution in [0.4, 0.5) is 5.69 Å². The van der Waals surface area contributed by atoms with E-state index in [9.17, 15) is 8.42 Å². The number of aryl methyl sites for hydroxylation is 1. The first-order valence-electron chi connectivity index (χ1n) is 8.67. The summed E-state index contributed by atoms with van der Waals surface area (Å²) in [6.45, 7) is 4.03. The molecule has 0 aliphatic carbocycles. The number of terminal acetylenes is 1. The van der Waals surface area contributed by atoms with E-state index >= 15 is 0 Å². The molecule has 0 saturated carbocycles. The summed E-state index contributed by atoms with van der Waals surface area (Å²) in [7, 11) is -3.83. The van der Waals surface area contributed by atoms with E-state index in [0.29, 0.717) is 17.7 Å². The summed E-state index contributed by atoms with van der Waals surface area (Å²) < 4.78 is 27.5. The lowest BCUT2D eigenvalue weighted by atomic mass is 10.2. The SMILES string of the molecule is C#Cc1ccccc1N(C#CCCCCC)S(=O)(=O)c1ccc(C)cc1. The van der Waals surface area contributed by atoms with Gasteiger partial charge in [-0.3, -0.25) is 0 Å². The zero-order valence-corrected chi connectivity index (χ0v) is 16.0. The Morgan fingerprint density at radius 3 is 2.38 bits per heavy atom. The lowest BCUT2D eigenvalue weighted by molar-refractivity contribution is 0.596. The molecule has 134 valence electrons. The molecule has 0 saturated heterocycles. The molecular weight excluding hydrogens is 342 g/mol. The Morgan fingerprint density at radius 2 is 1.73 bits per heavy atom. The lowest BCUT2D eigenvalue weighted by Crippen LogP contribution is -2.27. The van der Waals surface area contributed by atoms with Crippen molar-refractivity contribution in [1.82, 2.24) is 0 Å². The highest BCUT2D eigenvalue weighted by Gasteiger charge is 2.25. The minimum absolute atomic E-state index is 0.192. The number of anilines is 1. The molecule has 3 nitrogen and oxygen atoms in total. The molecule has 0 radical (unpaired) electrons. The summed E-state index contributed by atoms with van der Waals surface area (Å²) in [6.07, 6.45) is 9.31. The van der Waals surface area contributed by atoms with Gasteiger partial charge in [-0.1, -0.05) is 61.4 Å². The van der Waals surface area contributed by atoms with Gasteiger partial charge in [0.05, 0.1) is 10.6 Å². The number of unbranched alkanes of at least 4 members (excludes halogenated alkanes) is 3. The number of benzene rings is 2. The zero-order chi connectivity index (χ0) is 19.0. The fourth-order valence-corrected chi connectivity index (χ4v) is 3.72. The number of rotatable bonds is 6. The molecule has 0 aromatic heterocycles. The normalized spacial score (nSPS) is 10.5. The number of hydrogen-bond donors (Lipinski definition) is 0. The van der Waals surface area contributed by atoms with E-state index < -0.39 is 10.0 Å². The van der Waals surface area contributed by atoms with Crippen molar-refractivity contribution in [3.8, 4) is 24.3 Å². The molecular formula is C22H23NO2S. The molecule has 0 aliphatic rings. The highest BCUT2D eigenvalue weighted by Crippen LogP contribution is 2.26. The fraction of sp³-hybridized carbons (Fsp3) is 0.273. The van der Waals surface area contributed by atoms with Gasteiger partial charge in [-0.2, -0.15) is 4.31 Å². The van der Waals surface area contributed by atoms with Gasteiger partial charge >= 0.3 is 0 Å². The third kappa shape index (κ3) is 4.69. The number of para-hydroxylation sites is 1. The van der Waals surface area contributed by atoms with Crippen LogP contribution in [-0.4, -0.2) is 8.42 Å². The molecule has 0 fully saturated rings. The van der Waals surface area contributed by atoms with Crippen LogP contribution >= 0.6 is 0 Å². The maximum absolute atomic E-state index is 13.2. The van der Waals surface area contributed by atoms with Crippen LogP contribution in [0.5, 0.6) is 0 Å². The first-order chi connectivity index (χ1) is 12.5. The van der Waals surface area contributed by atoms with E-state index in [0.717, 1.165) is 29.1 Å². The van der Waals surface area contributed by atoms with Gasteiger partial charge < -0.3 is 0 Å². The van der Waals surface area contributed by atoms with E-state index in [1.54, 1.807) is 48.5 Å². The van der Waals surface area contributed by atoms with E-state index in [2.05, 4.69) is 24.8 Å². The van der Waals surface area contributed by atoms with Crippen LogP contribution in [0.25, 0.3) is 0 Å². The van der Waals surface area contributed by atoms with Crippen molar-refractivity contribution < 1.29 is 8.42 Å². The van der Waals surface area contributed by atoms with Crippen molar-refractivity contribution in [2.75, 3.05) is 4.31 Å². The minimum Gasteiger partial charge on any atom is -0.200 e. The minimum atomic E-state index is -3.83. The number of sulfonamides is 1. The van der Waals surface area contributed by atoms with Crippen molar-refractivity contribution in [3.63, 3.8) is 0 Å². The lowest BCUT2D eigenvalue weighted by Gasteiger charge is -2.19. The van der Waals surface area contributed by atoms with Crippen LogP contribution in [0.1, 0.15) is 43.7 Å². The van der Waals surface area contributed by atoms with Crippen molar-refractivity contribution >= 4 is 15.7 Å². The molecule has 0 amide bonds. The summed E-state index contributed by atoms with van der Waals surface area (Å²) in [6, 6.07) is 16.5. The topological polar surface area (TPSA) is 37.4 Å². The quantitative estimate of drug-likeness (QED) is 0.422. The third-order valence-corrected chi connectivity index (χ3v) is 5.56. The largest absolute Gasteiger partial charge is 0.275 e. The highest BCUT2D eigenvalue weighted by molar-refractivity contribution is 7.93. The van der Waals surface area contributed by atoms with Gasteiger partial charge in [-0.05, 0) is 37.6 Å². The second-order valence-electron chi connectivity index (χ2n) is 5.99. The van der Waals surface area contributed by atoms with E-state index in [1.165, 1.54) is 0 Å². The number of hydrogen-bond acceptors (Lipinski definition) is 2. The summed E-state index contributed by atoms with van der Waals surface area (Å²) in [4.78, 5) is 0.192. The molecule has 0 aliphatic heterocycles. The summed E-state index contributed by atoms with van der Waals surface area (Å²) in [5.74, 6) is 5.53. The molecule has 4 heteroatoms. The molecule has 0 N–H and O–H groups in total. The molecule has 0 bridgehead atoms. The molecule has 2 rings (SSSR count). The van der Waals surface area contributed by atoms with Crippen LogP contribution in [0.15, 0.2) is 53.4 Å². The molecule has 0 spiro atoms. The van der Waals surface area contributed by atoms with Crippen molar-refractivity contribution in [2.24, 2.45) is 0 Å². The van der Waals surface area contributed by atoms with Crippen molar-refractivity contribution in [3.05, 3.63) is 59.7 Å². The predicted molar refractivity (Wildman–Crippen MR) is 107 cm³/mol. The summed E-state index contributed by atoms with van der Waals surface area (Å²) >= 11 is 0. The van der Waals surface area contributed by atoms with Crippen molar-refractivity contribution in [2.45, 2.75) is 44.4 Å². The third-order valence-electron chi connectivity index (χ3n) is 3.92. The molecule has 26 heavy (non-hydrogen) atoms. The second-order valence-corrected chi connectivity index (χ2v) is 7.78. The van der Waals surface area contributed by atoms with Gasteiger partial charge in [-0.25, -0.2) is 8.42 Å². The summed E-state index contributed by atoms with van der Waals surface area (Å²) in [5, 5.41) is 0. The summed E-state index contributed by atoms with van der Waals surface area (Å²) in [5.41, 5.74) is 1.88. The molecule has 2 aromatic carbocycles. The average Bonchev–Trinajstić information content (AvgIpc) is 2.65. The Kier molecular flexibility index (Phi) is 6.89. The second kappa shape index (κ2) is 9.13. The smallest absolute Gasteiger partial charge is 0.200 e. The van der Waals surface area contributed by atoms with Gasteiger partial charge in [0.25, 0.3) is 10.0 Å². The average molecular weight is 365 g/mol. The van der Waals surface area contributed by atoms with Crippen molar-refractivity contribution in [1.29, 1.82) is 0 Å². The van der Waals surface area contributed by atoms with Crippen LogP contribution in [0.2, 0.25) is 0 Å². The Balaban J connectivity index is 2.49. The van der Waals surface area contributed by atoms with Gasteiger partial charge in [0, 0.05) is 18.0 Å². The van der Waals surface area contributed by atoms with Crippen LogP contribution in [0, 0.1) is 31.2 Å². The molecule has 2 aromatic rings. The zero-order valence-electron chi connectivity index (χ0n) is 15.2. The highest BCUT2D eigenvalue weighted by atomic mass is 32.2. The van der Waals surface area contributed by atoms with Gasteiger partial charge in [-0.15, -0.1) is 6.42 Å². The van der Waals surface area contributed by atoms with Gasteiger partial charge in [0.1, 0.15) is 0 Å². The van der Waals surface area contributed by atoms with Crippen LogP contribution in [0.3, 0.4) is 0 Å². The van der Waals surface area contributed by atoms with E-state index in [-0.39, 0.29) is 4.90 Å². The Hall–Kier alpha value is -2.69. The molecule has 0 atom stereocenters. The van der Waals surface area contributed by atoms with Gasteiger partial charge in [0.2, 0.25) is 0 Å². The van der Waals surface area contributed by atoms with Crippen LogP contribution in [-0.2, 0) is 10.0 Å². The maximum atomic E-state index is 13.2. The standard InChI is InChI=1S/C22H23NO2S/c1-4-6-7-8-11-18-23(22-13-10-9-12-20(22)5-2)26(24,25)21-16-14-19(3)15-17-21/h2,9-10,12-17H,4,6-8H2,1,3H3. The molecule has 0 heterocycles. The maximum Gasteiger partial charge on any atom is 0.275 e. The monoisotopic (exact) mass is 365 g/mol. The first kappa shape index (κ1) is 19.6. The van der Waals surface area contributed by atoms with Crippen LogP contribution < -0.4 is 4.31 Å². The Morgan fingerprint density at radius 1 is 1.04 bits per heavy atom. The predicted octanol–water partition coefficient (Wildman–Crippen LogP) is 4.71. The molecule has 0 unspecified atom stereocenters. The van der Waals surface area contributed by atoms with E-state index in [1.807, 2.05) is 6.92 Å². The van der Waals surface area contributed by atoms with E-state index in [4.69, 9.17) is 6.42 Å². The first-order valence-corrected chi connectivity index (χ1v) is 10.1. The fourth-order valence-electron chi connectivity index (χ4n) is 2.43. The van der Waals surface area contributed by atoms with Gasteiger partial charge in [0.15, 0.2) is 0 Å².